The molecular formula is C8H10N2O3. The van der Waals surface area contributed by atoms with Gasteiger partial charge in [-0.3, -0.25) is 4.79 Å². The molecule has 0 N–H and O–H groups in total. The molecule has 1 aliphatic rings. The van der Waals surface area contributed by atoms with Crippen LogP contribution in [0.2, 0.25) is 0 Å². The van der Waals surface area contributed by atoms with E-state index in [0.29, 0.717) is 5.92 Å². The van der Waals surface area contributed by atoms with Gasteiger partial charge in [0.25, 0.3) is 5.78 Å². The zero-order valence-corrected chi connectivity index (χ0v) is 7.32. The van der Waals surface area contributed by atoms with Gasteiger partial charge in [0.1, 0.15) is 0 Å². The van der Waals surface area contributed by atoms with Gasteiger partial charge in [0.2, 0.25) is 0 Å². The Morgan fingerprint density at radius 3 is 2.54 bits per heavy atom. The topological polar surface area (TPSA) is 79.8 Å². The molecule has 0 amide bonds. The molecule has 0 saturated heterocycles. The van der Waals surface area contributed by atoms with Gasteiger partial charge in [-0.2, -0.15) is 4.79 Å². The van der Waals surface area contributed by atoms with Crippen molar-refractivity contribution in [2.75, 3.05) is 7.11 Å². The summed E-state index contributed by atoms with van der Waals surface area (Å²) in [5, 5.41) is 0. The van der Waals surface area contributed by atoms with E-state index in [9.17, 15) is 9.59 Å². The summed E-state index contributed by atoms with van der Waals surface area (Å²) in [6.07, 6.45) is 2.28. The van der Waals surface area contributed by atoms with E-state index in [1.807, 2.05) is 0 Å². The maximum atomic E-state index is 11.2. The lowest BCUT2D eigenvalue weighted by molar-refractivity contribution is -0.139. The van der Waals surface area contributed by atoms with Crippen molar-refractivity contribution in [3.8, 4) is 0 Å². The summed E-state index contributed by atoms with van der Waals surface area (Å²) >= 11 is 0. The number of ether oxygens (including phenoxy) is 1. The number of carbonyl (C=O) groups excluding carboxylic acids is 2. The van der Waals surface area contributed by atoms with Crippen LogP contribution in [0, 0.1) is 5.92 Å². The Morgan fingerprint density at radius 1 is 1.54 bits per heavy atom. The first-order valence-corrected chi connectivity index (χ1v) is 4.02. The van der Waals surface area contributed by atoms with E-state index in [-0.39, 0.29) is 6.42 Å². The van der Waals surface area contributed by atoms with Gasteiger partial charge in [-0.05, 0) is 18.8 Å². The minimum absolute atomic E-state index is 0.272. The molecule has 0 unspecified atom stereocenters. The van der Waals surface area contributed by atoms with E-state index < -0.39 is 17.5 Å². The second-order valence-corrected chi connectivity index (χ2v) is 3.01. The number of nitrogens with zero attached hydrogens (tertiary/aromatic N) is 2. The Kier molecular flexibility index (Phi) is 2.93. The van der Waals surface area contributed by atoms with Crippen molar-refractivity contribution in [3.63, 3.8) is 0 Å². The zero-order chi connectivity index (χ0) is 9.84. The van der Waals surface area contributed by atoms with Crippen molar-refractivity contribution in [2.45, 2.75) is 19.3 Å². The van der Waals surface area contributed by atoms with E-state index in [4.69, 9.17) is 5.53 Å². The first-order chi connectivity index (χ1) is 6.19. The predicted molar refractivity (Wildman–Crippen MR) is 43.0 cm³/mol. The largest absolute Gasteiger partial charge is 0.460 e. The summed E-state index contributed by atoms with van der Waals surface area (Å²) in [6.45, 7) is 0. The lowest BCUT2D eigenvalue weighted by Crippen LogP contribution is -2.26. The molecule has 0 aromatic rings. The zero-order valence-electron chi connectivity index (χ0n) is 7.32. The summed E-state index contributed by atoms with van der Waals surface area (Å²) in [6, 6.07) is 0. The van der Waals surface area contributed by atoms with Gasteiger partial charge < -0.3 is 10.3 Å². The van der Waals surface area contributed by atoms with E-state index in [1.165, 1.54) is 0 Å². The highest BCUT2D eigenvalue weighted by Gasteiger charge is 2.35. The maximum Gasteiger partial charge on any atom is 0.441 e. The fourth-order valence-electron chi connectivity index (χ4n) is 0.988. The maximum absolute atomic E-state index is 11.2. The molecule has 0 bridgehead atoms. The van der Waals surface area contributed by atoms with Gasteiger partial charge in [-0.15, -0.1) is 0 Å². The van der Waals surface area contributed by atoms with Crippen LogP contribution in [0.5, 0.6) is 0 Å². The number of rotatable bonds is 4. The minimum Gasteiger partial charge on any atom is -0.460 e. The molecular weight excluding hydrogens is 172 g/mol. The normalized spacial score (nSPS) is 14.5. The van der Waals surface area contributed by atoms with E-state index in [1.54, 1.807) is 0 Å². The highest BCUT2D eigenvalue weighted by molar-refractivity contribution is 6.62. The second-order valence-electron chi connectivity index (χ2n) is 3.01. The minimum atomic E-state index is -0.881. The molecule has 1 fully saturated rings. The fraction of sp³-hybridized carbons (Fsp3) is 0.625. The van der Waals surface area contributed by atoms with Crippen LogP contribution in [0.1, 0.15) is 19.3 Å². The van der Waals surface area contributed by atoms with Gasteiger partial charge in [-0.1, -0.05) is 0 Å². The van der Waals surface area contributed by atoms with E-state index in [2.05, 4.69) is 9.53 Å². The van der Waals surface area contributed by atoms with Crippen molar-refractivity contribution < 1.29 is 19.1 Å². The molecule has 5 heteroatoms. The first kappa shape index (κ1) is 9.61. The van der Waals surface area contributed by atoms with E-state index >= 15 is 0 Å². The van der Waals surface area contributed by atoms with Crippen LogP contribution >= 0.6 is 0 Å². The van der Waals surface area contributed by atoms with Crippen molar-refractivity contribution in [1.82, 2.24) is 0 Å². The fourth-order valence-corrected chi connectivity index (χ4v) is 0.988. The quantitative estimate of drug-likeness (QED) is 0.205. The molecule has 0 heterocycles. The van der Waals surface area contributed by atoms with Gasteiger partial charge in [0, 0.05) is 6.42 Å². The molecule has 5 nitrogen and oxygen atoms in total. The monoisotopic (exact) mass is 182 g/mol. The number of carbonyl (C=O) groups is 2. The first-order valence-electron chi connectivity index (χ1n) is 4.02. The summed E-state index contributed by atoms with van der Waals surface area (Å²) < 4.78 is 4.28. The predicted octanol–water partition coefficient (Wildman–Crippen LogP) is 0.199. The highest BCUT2D eigenvalue weighted by atomic mass is 16.5. The lowest BCUT2D eigenvalue weighted by atomic mass is 10.1. The lowest BCUT2D eigenvalue weighted by Gasteiger charge is -1.92. The van der Waals surface area contributed by atoms with Crippen molar-refractivity contribution >= 4 is 17.5 Å². The van der Waals surface area contributed by atoms with Crippen LogP contribution in [-0.2, 0) is 14.3 Å². The van der Waals surface area contributed by atoms with Crippen molar-refractivity contribution in [1.29, 1.82) is 0 Å². The number of Topliss-reactive ketones (excluding diaryl/α,β-unsaturated/α-hetero) is 1. The molecule has 0 aliphatic heterocycles. The van der Waals surface area contributed by atoms with Gasteiger partial charge in [-0.25, -0.2) is 4.79 Å². The molecule has 0 atom stereocenters. The molecule has 0 radical (unpaired) electrons. The third-order valence-corrected chi connectivity index (χ3v) is 1.91. The van der Waals surface area contributed by atoms with Crippen molar-refractivity contribution in [2.24, 2.45) is 5.92 Å². The van der Waals surface area contributed by atoms with Crippen LogP contribution in [0.4, 0.5) is 0 Å². The number of hydrogen-bond acceptors (Lipinski definition) is 3. The summed E-state index contributed by atoms with van der Waals surface area (Å²) in [4.78, 5) is 24.7. The standard InChI is InChI=1S/C8H10N2O3/c1-13-8(12)7(10-9)6(11)4-5-2-3-5/h5H,2-4H2,1H3. The number of hydrogen-bond donors (Lipinski definition) is 0. The highest BCUT2D eigenvalue weighted by Crippen LogP contribution is 2.32. The third kappa shape index (κ3) is 2.49. The summed E-state index contributed by atoms with van der Waals surface area (Å²) in [5.74, 6) is -0.973. The summed E-state index contributed by atoms with van der Waals surface area (Å²) in [7, 11) is 1.14. The van der Waals surface area contributed by atoms with E-state index in [0.717, 1.165) is 20.0 Å². The summed E-state index contributed by atoms with van der Waals surface area (Å²) in [5.41, 5.74) is 7.89. The van der Waals surface area contributed by atoms with Gasteiger partial charge in [0.05, 0.1) is 7.11 Å². The molecule has 0 spiro atoms. The average molecular weight is 182 g/mol. The van der Waals surface area contributed by atoms with Crippen LogP contribution in [0.15, 0.2) is 0 Å². The van der Waals surface area contributed by atoms with Crippen LogP contribution < -0.4 is 0 Å². The molecule has 1 rings (SSSR count). The Hall–Kier alpha value is -1.48. The van der Waals surface area contributed by atoms with Crippen molar-refractivity contribution in [3.05, 3.63) is 5.53 Å². The molecule has 0 aromatic carbocycles. The Morgan fingerprint density at radius 2 is 2.15 bits per heavy atom. The second kappa shape index (κ2) is 3.96. The molecule has 1 aliphatic carbocycles. The third-order valence-electron chi connectivity index (χ3n) is 1.91. The van der Waals surface area contributed by atoms with Crippen LogP contribution in [0.3, 0.4) is 0 Å². The number of ketones is 1. The number of esters is 1. The molecule has 0 aromatic heterocycles. The smallest absolute Gasteiger partial charge is 0.441 e. The Bertz CT molecular complexity index is 288. The Labute approximate surface area is 75.3 Å². The van der Waals surface area contributed by atoms with Gasteiger partial charge >= 0.3 is 11.7 Å². The molecule has 1 saturated carbocycles. The van der Waals surface area contributed by atoms with Crippen LogP contribution in [-0.4, -0.2) is 29.4 Å². The number of methoxy groups -OCH3 is 1. The average Bonchev–Trinajstić information content (AvgIpc) is 2.89. The van der Waals surface area contributed by atoms with Crippen LogP contribution in [0.25, 0.3) is 5.53 Å². The van der Waals surface area contributed by atoms with Gasteiger partial charge in [0.15, 0.2) is 0 Å². The SMILES string of the molecule is COC(=O)C(=[N+]=[N-])C(=O)CC1CC1. The Balaban J connectivity index is 2.60. The molecule has 13 heavy (non-hydrogen) atoms. The molecule has 70 valence electrons.